The fourth-order valence-corrected chi connectivity index (χ4v) is 6.57. The van der Waals surface area contributed by atoms with Crippen LogP contribution < -0.4 is 0 Å². The largest absolute Gasteiger partial charge is 0.428 e. The molecule has 0 aromatic rings. The van der Waals surface area contributed by atoms with E-state index in [4.69, 9.17) is 4.74 Å². The highest BCUT2D eigenvalue weighted by Gasteiger charge is 2.63. The first-order chi connectivity index (χ1) is 12.7. The van der Waals surface area contributed by atoms with Crippen molar-refractivity contribution in [3.05, 3.63) is 11.3 Å². The molecule has 146 valence electrons. The zero-order chi connectivity index (χ0) is 19.6. The molecule has 0 amide bonds. The Balaban J connectivity index is 1.83. The van der Waals surface area contributed by atoms with Crippen molar-refractivity contribution in [2.45, 2.75) is 64.9 Å². The minimum atomic E-state index is -1.04. The van der Waals surface area contributed by atoms with E-state index in [0.717, 1.165) is 19.1 Å². The van der Waals surface area contributed by atoms with Crippen molar-refractivity contribution < 1.29 is 29.0 Å². The monoisotopic (exact) mass is 374 g/mol. The molecule has 6 atom stereocenters. The van der Waals surface area contributed by atoms with Gasteiger partial charge in [0.25, 0.3) is 0 Å². The summed E-state index contributed by atoms with van der Waals surface area (Å²) in [6, 6.07) is 0. The smallest absolute Gasteiger partial charge is 0.307 e. The molecule has 6 nitrogen and oxygen atoms in total. The van der Waals surface area contributed by atoms with E-state index >= 15 is 0 Å². The summed E-state index contributed by atoms with van der Waals surface area (Å²) in [6.45, 7) is 3.24. The number of hydrogen-bond donors (Lipinski definition) is 1. The zero-order valence-corrected chi connectivity index (χ0v) is 15.8. The lowest BCUT2D eigenvalue weighted by Crippen LogP contribution is -2.55. The van der Waals surface area contributed by atoms with Crippen LogP contribution in [0.5, 0.6) is 0 Å². The van der Waals surface area contributed by atoms with Crippen LogP contribution in [0.1, 0.15) is 58.8 Å². The lowest BCUT2D eigenvalue weighted by atomic mass is 9.47. The summed E-state index contributed by atoms with van der Waals surface area (Å²) in [5.74, 6) is -0.516. The maximum atomic E-state index is 13.2. The van der Waals surface area contributed by atoms with Crippen molar-refractivity contribution in [3.8, 4) is 0 Å². The molecule has 27 heavy (non-hydrogen) atoms. The van der Waals surface area contributed by atoms with Crippen LogP contribution in [0.2, 0.25) is 0 Å². The highest BCUT2D eigenvalue weighted by Crippen LogP contribution is 2.64. The number of ketones is 2. The van der Waals surface area contributed by atoms with E-state index < -0.39 is 17.5 Å². The molecular formula is C21H26O6. The third-order valence-electron chi connectivity index (χ3n) is 7.82. The Morgan fingerprint density at radius 2 is 1.93 bits per heavy atom. The van der Waals surface area contributed by atoms with E-state index in [1.807, 2.05) is 6.92 Å². The molecule has 0 saturated heterocycles. The van der Waals surface area contributed by atoms with E-state index in [1.165, 1.54) is 6.92 Å². The lowest BCUT2D eigenvalue weighted by Gasteiger charge is -2.55. The van der Waals surface area contributed by atoms with Crippen molar-refractivity contribution in [1.82, 2.24) is 0 Å². The van der Waals surface area contributed by atoms with Gasteiger partial charge >= 0.3 is 5.97 Å². The van der Waals surface area contributed by atoms with Gasteiger partial charge in [-0.1, -0.05) is 6.92 Å². The number of ether oxygens (including phenoxy) is 1. The van der Waals surface area contributed by atoms with Gasteiger partial charge in [0.05, 0.1) is 5.41 Å². The molecule has 0 bridgehead atoms. The Morgan fingerprint density at radius 1 is 1.19 bits per heavy atom. The minimum Gasteiger partial charge on any atom is -0.428 e. The number of rotatable bonds is 2. The molecule has 3 fully saturated rings. The number of carbonyl (C=O) groups excluding carboxylic acids is 4. The third kappa shape index (κ3) is 2.42. The number of aliphatic hydroxyl groups is 1. The van der Waals surface area contributed by atoms with Crippen molar-refractivity contribution in [2.24, 2.45) is 28.6 Å². The molecule has 0 spiro atoms. The van der Waals surface area contributed by atoms with Gasteiger partial charge in [-0.2, -0.15) is 0 Å². The first-order valence-electron chi connectivity index (χ1n) is 9.88. The minimum absolute atomic E-state index is 0.00882. The predicted molar refractivity (Wildman–Crippen MR) is 94.2 cm³/mol. The van der Waals surface area contributed by atoms with Gasteiger partial charge in [0.2, 0.25) is 0 Å². The summed E-state index contributed by atoms with van der Waals surface area (Å²) in [5.41, 5.74) is -1.20. The van der Waals surface area contributed by atoms with Gasteiger partial charge in [-0.15, -0.1) is 0 Å². The Morgan fingerprint density at radius 3 is 2.59 bits per heavy atom. The van der Waals surface area contributed by atoms with E-state index in [-0.39, 0.29) is 58.9 Å². The molecule has 0 radical (unpaired) electrons. The number of allylic oxidation sites excluding steroid dienone is 1. The topological polar surface area (TPSA) is 97.7 Å². The second-order valence-corrected chi connectivity index (χ2v) is 8.97. The molecule has 0 heterocycles. The van der Waals surface area contributed by atoms with E-state index in [2.05, 4.69) is 0 Å². The predicted octanol–water partition coefficient (Wildman–Crippen LogP) is 2.13. The van der Waals surface area contributed by atoms with Crippen molar-refractivity contribution in [1.29, 1.82) is 0 Å². The normalized spacial score (nSPS) is 43.7. The maximum absolute atomic E-state index is 13.2. The average molecular weight is 374 g/mol. The highest BCUT2D eigenvalue weighted by atomic mass is 16.5. The summed E-state index contributed by atoms with van der Waals surface area (Å²) in [6.07, 6.45) is 3.46. The maximum Gasteiger partial charge on any atom is 0.307 e. The molecule has 3 saturated carbocycles. The number of aliphatic hydroxyl groups excluding tert-OH is 1. The van der Waals surface area contributed by atoms with Gasteiger partial charge in [0.15, 0.2) is 5.78 Å². The molecule has 4 aliphatic carbocycles. The number of carbonyl (C=O) groups is 4. The van der Waals surface area contributed by atoms with Crippen LogP contribution in [-0.4, -0.2) is 35.0 Å². The van der Waals surface area contributed by atoms with E-state index in [0.29, 0.717) is 19.3 Å². The lowest BCUT2D eigenvalue weighted by molar-refractivity contribution is -0.147. The van der Waals surface area contributed by atoms with E-state index in [1.54, 1.807) is 0 Å². The molecule has 0 unspecified atom stereocenters. The van der Waals surface area contributed by atoms with Crippen LogP contribution in [0, 0.1) is 28.6 Å². The van der Waals surface area contributed by atoms with Gasteiger partial charge in [0.1, 0.15) is 23.9 Å². The molecule has 4 rings (SSSR count). The summed E-state index contributed by atoms with van der Waals surface area (Å²) in [4.78, 5) is 49.6. The van der Waals surface area contributed by atoms with Gasteiger partial charge in [-0.3, -0.25) is 14.4 Å². The standard InChI is InChI=1S/C21H26O6/c1-11(23)27-19-15(24)6-8-21(10-22)14-5-7-20(2)13(3-4-17(20)26)12(14)9-16(25)18(19)21/h10,12-15,24H,3-9H2,1-2H3/t12-,13-,14-,15-,20-,21-/m0/s1. The Kier molecular flexibility index (Phi) is 4.18. The second kappa shape index (κ2) is 6.09. The Hall–Kier alpha value is -1.82. The van der Waals surface area contributed by atoms with Crippen molar-refractivity contribution >= 4 is 23.8 Å². The number of fused-ring (bicyclic) bond motifs is 5. The number of hydrogen-bond acceptors (Lipinski definition) is 6. The van der Waals surface area contributed by atoms with Gasteiger partial charge < -0.3 is 14.6 Å². The van der Waals surface area contributed by atoms with Gasteiger partial charge in [-0.25, -0.2) is 0 Å². The second-order valence-electron chi connectivity index (χ2n) is 8.97. The van der Waals surface area contributed by atoms with Crippen LogP contribution in [-0.2, 0) is 23.9 Å². The van der Waals surface area contributed by atoms with E-state index in [9.17, 15) is 24.3 Å². The third-order valence-corrected chi connectivity index (χ3v) is 7.82. The number of esters is 1. The quantitative estimate of drug-likeness (QED) is 0.587. The van der Waals surface area contributed by atoms with Crippen LogP contribution in [0.25, 0.3) is 0 Å². The first-order valence-corrected chi connectivity index (χ1v) is 9.88. The molecule has 6 heteroatoms. The number of Topliss-reactive ketones (excluding diaryl/α,β-unsaturated/α-hetero) is 2. The molecule has 0 aromatic heterocycles. The molecule has 0 aromatic carbocycles. The van der Waals surface area contributed by atoms with Crippen LogP contribution >= 0.6 is 0 Å². The van der Waals surface area contributed by atoms with Crippen molar-refractivity contribution in [2.75, 3.05) is 0 Å². The average Bonchev–Trinajstić information content (AvgIpc) is 2.92. The Bertz CT molecular complexity index is 767. The molecular weight excluding hydrogens is 348 g/mol. The highest BCUT2D eigenvalue weighted by molar-refractivity contribution is 6.03. The Labute approximate surface area is 158 Å². The van der Waals surface area contributed by atoms with Crippen molar-refractivity contribution in [3.63, 3.8) is 0 Å². The summed E-state index contributed by atoms with van der Waals surface area (Å²) < 4.78 is 5.23. The molecule has 4 aliphatic rings. The van der Waals surface area contributed by atoms with Crippen LogP contribution in [0.15, 0.2) is 11.3 Å². The fourth-order valence-electron chi connectivity index (χ4n) is 6.57. The summed E-state index contributed by atoms with van der Waals surface area (Å²) in [5, 5.41) is 10.4. The SMILES string of the molecule is CC(=O)OC1=C2C(=O)C[C@@H]3[C@H](CC[C@]4(C)C(=O)CC[C@@H]34)[C@@]2(C=O)CC[C@@H]1O. The van der Waals surface area contributed by atoms with Crippen LogP contribution in [0.3, 0.4) is 0 Å². The summed E-state index contributed by atoms with van der Waals surface area (Å²) in [7, 11) is 0. The van der Waals surface area contributed by atoms with Gasteiger partial charge in [-0.05, 0) is 49.9 Å². The molecule has 1 N–H and O–H groups in total. The number of aldehydes is 1. The molecule has 0 aliphatic heterocycles. The zero-order valence-electron chi connectivity index (χ0n) is 15.8. The summed E-state index contributed by atoms with van der Waals surface area (Å²) >= 11 is 0. The van der Waals surface area contributed by atoms with Gasteiger partial charge in [0, 0.05) is 30.8 Å². The fraction of sp³-hybridized carbons (Fsp3) is 0.714. The van der Waals surface area contributed by atoms with Crippen LogP contribution in [0.4, 0.5) is 0 Å². The first kappa shape index (κ1) is 18.5.